The van der Waals surface area contributed by atoms with Crippen LogP contribution in [0.3, 0.4) is 0 Å². The lowest BCUT2D eigenvalue weighted by molar-refractivity contribution is 0.212. The molecular weight excluding hydrogens is 196 g/mol. The number of nitrogens with one attached hydrogen (secondary N) is 1. The molecule has 1 fully saturated rings. The van der Waals surface area contributed by atoms with E-state index < -0.39 is 0 Å². The quantitative estimate of drug-likeness (QED) is 0.684. The van der Waals surface area contributed by atoms with Crippen LogP contribution in [0.1, 0.15) is 46.5 Å². The number of hydrogen-bond donors (Lipinski definition) is 1. The molecule has 1 heterocycles. The summed E-state index contributed by atoms with van der Waals surface area (Å²) in [7, 11) is 0. The summed E-state index contributed by atoms with van der Waals surface area (Å²) in [6.45, 7) is 13.3. The Kier molecular flexibility index (Phi) is 7.06. The highest BCUT2D eigenvalue weighted by Crippen LogP contribution is 2.17. The molecule has 16 heavy (non-hydrogen) atoms. The molecule has 0 spiro atoms. The third-order valence-electron chi connectivity index (χ3n) is 3.83. The van der Waals surface area contributed by atoms with Crippen LogP contribution in [0.5, 0.6) is 0 Å². The Morgan fingerprint density at radius 3 is 2.12 bits per heavy atom. The summed E-state index contributed by atoms with van der Waals surface area (Å²) in [4.78, 5) is 2.70. The lowest BCUT2D eigenvalue weighted by atomic mass is 9.97. The molecule has 1 rings (SSSR count). The van der Waals surface area contributed by atoms with Crippen molar-refractivity contribution in [1.29, 1.82) is 0 Å². The molecule has 0 amide bonds. The van der Waals surface area contributed by atoms with Gasteiger partial charge < -0.3 is 10.2 Å². The van der Waals surface area contributed by atoms with Crippen molar-refractivity contribution in [1.82, 2.24) is 10.2 Å². The van der Waals surface area contributed by atoms with Crippen molar-refractivity contribution in [2.45, 2.75) is 46.5 Å². The molecule has 0 saturated carbocycles. The third kappa shape index (κ3) is 4.84. The molecule has 96 valence electrons. The van der Waals surface area contributed by atoms with E-state index >= 15 is 0 Å². The van der Waals surface area contributed by atoms with E-state index in [0.717, 1.165) is 11.8 Å². The van der Waals surface area contributed by atoms with Crippen LogP contribution in [-0.2, 0) is 0 Å². The standard InChI is InChI=1S/C14H30N2/c1-4-6-8-16(9-7-5-2)12-14-11-15-10-13(14)3/h13-15H,4-12H2,1-3H3/t13-,14+/m1/s1. The van der Waals surface area contributed by atoms with Crippen molar-refractivity contribution in [3.63, 3.8) is 0 Å². The van der Waals surface area contributed by atoms with Gasteiger partial charge in [-0.1, -0.05) is 33.6 Å². The van der Waals surface area contributed by atoms with Crippen LogP contribution in [0.15, 0.2) is 0 Å². The molecular formula is C14H30N2. The van der Waals surface area contributed by atoms with E-state index in [1.165, 1.54) is 58.4 Å². The average Bonchev–Trinajstić information content (AvgIpc) is 2.68. The summed E-state index contributed by atoms with van der Waals surface area (Å²) >= 11 is 0. The number of nitrogens with zero attached hydrogens (tertiary/aromatic N) is 1. The fraction of sp³-hybridized carbons (Fsp3) is 1.00. The predicted octanol–water partition coefficient (Wildman–Crippen LogP) is 2.74. The molecule has 1 aliphatic rings. The Morgan fingerprint density at radius 1 is 1.06 bits per heavy atom. The SMILES string of the molecule is CCCCN(CCCC)C[C@@H]1CNC[C@H]1C. The lowest BCUT2D eigenvalue weighted by Crippen LogP contribution is -2.34. The molecule has 0 aromatic heterocycles. The van der Waals surface area contributed by atoms with Crippen LogP contribution in [0.4, 0.5) is 0 Å². The number of hydrogen-bond acceptors (Lipinski definition) is 2. The van der Waals surface area contributed by atoms with Crippen LogP contribution < -0.4 is 5.32 Å². The molecule has 0 aromatic rings. The average molecular weight is 226 g/mol. The maximum Gasteiger partial charge on any atom is 0.00248 e. The van der Waals surface area contributed by atoms with Gasteiger partial charge >= 0.3 is 0 Å². The molecule has 2 atom stereocenters. The van der Waals surface area contributed by atoms with Gasteiger partial charge in [-0.25, -0.2) is 0 Å². The molecule has 2 nitrogen and oxygen atoms in total. The van der Waals surface area contributed by atoms with Crippen LogP contribution >= 0.6 is 0 Å². The largest absolute Gasteiger partial charge is 0.316 e. The highest BCUT2D eigenvalue weighted by molar-refractivity contribution is 4.80. The topological polar surface area (TPSA) is 15.3 Å². The normalized spacial score (nSPS) is 25.5. The Bertz CT molecular complexity index is 162. The first kappa shape index (κ1) is 14.0. The Balaban J connectivity index is 2.29. The van der Waals surface area contributed by atoms with Gasteiger partial charge in [0.25, 0.3) is 0 Å². The second kappa shape index (κ2) is 8.08. The Hall–Kier alpha value is -0.0800. The summed E-state index contributed by atoms with van der Waals surface area (Å²) in [5, 5.41) is 3.51. The monoisotopic (exact) mass is 226 g/mol. The van der Waals surface area contributed by atoms with E-state index in [-0.39, 0.29) is 0 Å². The molecule has 0 radical (unpaired) electrons. The van der Waals surface area contributed by atoms with E-state index in [1.54, 1.807) is 0 Å². The fourth-order valence-electron chi connectivity index (χ4n) is 2.50. The van der Waals surface area contributed by atoms with Crippen LogP contribution in [0.2, 0.25) is 0 Å². The van der Waals surface area contributed by atoms with E-state index in [9.17, 15) is 0 Å². The summed E-state index contributed by atoms with van der Waals surface area (Å²) in [6.07, 6.45) is 5.36. The van der Waals surface area contributed by atoms with Crippen LogP contribution in [-0.4, -0.2) is 37.6 Å². The summed E-state index contributed by atoms with van der Waals surface area (Å²) < 4.78 is 0. The maximum absolute atomic E-state index is 3.51. The minimum Gasteiger partial charge on any atom is -0.316 e. The zero-order valence-electron chi connectivity index (χ0n) is 11.5. The van der Waals surface area contributed by atoms with Crippen molar-refractivity contribution in [2.75, 3.05) is 32.7 Å². The zero-order valence-corrected chi connectivity index (χ0v) is 11.5. The van der Waals surface area contributed by atoms with Crippen molar-refractivity contribution in [3.05, 3.63) is 0 Å². The maximum atomic E-state index is 3.51. The van der Waals surface area contributed by atoms with Gasteiger partial charge in [0.15, 0.2) is 0 Å². The van der Waals surface area contributed by atoms with Gasteiger partial charge in [0.1, 0.15) is 0 Å². The lowest BCUT2D eigenvalue weighted by Gasteiger charge is -2.26. The molecule has 0 aliphatic carbocycles. The Morgan fingerprint density at radius 2 is 1.69 bits per heavy atom. The molecule has 1 aliphatic heterocycles. The Labute approximate surface area is 102 Å². The van der Waals surface area contributed by atoms with E-state index in [0.29, 0.717) is 0 Å². The summed E-state index contributed by atoms with van der Waals surface area (Å²) in [5.74, 6) is 1.75. The van der Waals surface area contributed by atoms with Crippen LogP contribution in [0, 0.1) is 11.8 Å². The van der Waals surface area contributed by atoms with Gasteiger partial charge in [0.05, 0.1) is 0 Å². The van der Waals surface area contributed by atoms with Gasteiger partial charge in [-0.2, -0.15) is 0 Å². The van der Waals surface area contributed by atoms with Gasteiger partial charge in [0.2, 0.25) is 0 Å². The highest BCUT2D eigenvalue weighted by Gasteiger charge is 2.24. The fourth-order valence-corrected chi connectivity index (χ4v) is 2.50. The molecule has 0 bridgehead atoms. The first-order valence-electron chi connectivity index (χ1n) is 7.21. The predicted molar refractivity (Wildman–Crippen MR) is 71.8 cm³/mol. The zero-order chi connectivity index (χ0) is 11.8. The first-order valence-corrected chi connectivity index (χ1v) is 7.21. The molecule has 0 aromatic carbocycles. The second-order valence-electron chi connectivity index (χ2n) is 5.40. The van der Waals surface area contributed by atoms with Crippen molar-refractivity contribution >= 4 is 0 Å². The van der Waals surface area contributed by atoms with E-state index in [2.05, 4.69) is 31.0 Å². The summed E-state index contributed by atoms with van der Waals surface area (Å²) in [6, 6.07) is 0. The number of rotatable bonds is 8. The molecule has 1 N–H and O–H groups in total. The molecule has 0 unspecified atom stereocenters. The van der Waals surface area contributed by atoms with Gasteiger partial charge in [-0.3, -0.25) is 0 Å². The first-order chi connectivity index (χ1) is 7.77. The second-order valence-corrected chi connectivity index (χ2v) is 5.40. The van der Waals surface area contributed by atoms with Crippen molar-refractivity contribution in [2.24, 2.45) is 11.8 Å². The number of unbranched alkanes of at least 4 members (excludes halogenated alkanes) is 2. The van der Waals surface area contributed by atoms with Crippen molar-refractivity contribution in [3.8, 4) is 0 Å². The van der Waals surface area contributed by atoms with Crippen LogP contribution in [0.25, 0.3) is 0 Å². The smallest absolute Gasteiger partial charge is 0.00248 e. The van der Waals surface area contributed by atoms with Crippen molar-refractivity contribution < 1.29 is 0 Å². The molecule has 1 saturated heterocycles. The van der Waals surface area contributed by atoms with Gasteiger partial charge in [-0.05, 0) is 50.9 Å². The minimum atomic E-state index is 0.866. The minimum absolute atomic E-state index is 0.866. The van der Waals surface area contributed by atoms with E-state index in [4.69, 9.17) is 0 Å². The third-order valence-corrected chi connectivity index (χ3v) is 3.83. The van der Waals surface area contributed by atoms with Gasteiger partial charge in [-0.15, -0.1) is 0 Å². The van der Waals surface area contributed by atoms with E-state index in [1.807, 2.05) is 0 Å². The molecule has 2 heteroatoms. The van der Waals surface area contributed by atoms with Gasteiger partial charge in [0, 0.05) is 6.54 Å². The summed E-state index contributed by atoms with van der Waals surface area (Å²) in [5.41, 5.74) is 0. The highest BCUT2D eigenvalue weighted by atomic mass is 15.1.